The number of nitrogens with one attached hydrogen (secondary N) is 1. The molecule has 130 valence electrons. The number of benzene rings is 1. The van der Waals surface area contributed by atoms with E-state index < -0.39 is 0 Å². The van der Waals surface area contributed by atoms with Crippen molar-refractivity contribution in [2.45, 2.75) is 32.0 Å². The summed E-state index contributed by atoms with van der Waals surface area (Å²) in [5.74, 6) is -0.0634. The molecule has 3 atom stereocenters. The van der Waals surface area contributed by atoms with Gasteiger partial charge in [-0.15, -0.1) is 0 Å². The normalized spacial score (nSPS) is 25.5. The molecule has 2 aliphatic heterocycles. The van der Waals surface area contributed by atoms with Gasteiger partial charge in [-0.2, -0.15) is 0 Å². The molecule has 2 aliphatic rings. The zero-order chi connectivity index (χ0) is 17.3. The summed E-state index contributed by atoms with van der Waals surface area (Å²) in [5.41, 5.74) is 2.03. The fraction of sp³-hybridized carbons (Fsp3) is 0.556. The van der Waals surface area contributed by atoms with Crippen molar-refractivity contribution in [3.05, 3.63) is 29.8 Å². The average Bonchev–Trinajstić information content (AvgIpc) is 2.88. The molecule has 0 spiro atoms. The van der Waals surface area contributed by atoms with Gasteiger partial charge in [-0.1, -0.05) is 19.1 Å². The monoisotopic (exact) mass is 331 g/mol. The van der Waals surface area contributed by atoms with Gasteiger partial charge in [0.15, 0.2) is 0 Å². The summed E-state index contributed by atoms with van der Waals surface area (Å²) in [6.07, 6.45) is 1.41. The molecule has 0 unspecified atom stereocenters. The number of nitrogens with zero attached hydrogens (tertiary/aromatic N) is 2. The smallest absolute Gasteiger partial charge is 0.322 e. The Morgan fingerprint density at radius 3 is 2.58 bits per heavy atom. The highest BCUT2D eigenvalue weighted by atomic mass is 16.5. The summed E-state index contributed by atoms with van der Waals surface area (Å²) >= 11 is 0. The van der Waals surface area contributed by atoms with Gasteiger partial charge in [0, 0.05) is 32.9 Å². The zero-order valence-corrected chi connectivity index (χ0v) is 14.5. The highest BCUT2D eigenvalue weighted by Gasteiger charge is 2.46. The van der Waals surface area contributed by atoms with Crippen LogP contribution in [0.15, 0.2) is 24.3 Å². The standard InChI is InChI=1S/C18H25N3O3/c1-4-12-5-7-13(8-6-12)19-18(23)21-10-14-9-15(16(11-21)24-14)17(22)20(2)3/h5-8,14-16H,4,9-11H2,1-3H3,(H,19,23)/t14-,15-,16-/m1/s1. The van der Waals surface area contributed by atoms with Crippen molar-refractivity contribution in [3.63, 3.8) is 0 Å². The van der Waals surface area contributed by atoms with Crippen molar-refractivity contribution < 1.29 is 14.3 Å². The number of rotatable bonds is 3. The first-order chi connectivity index (χ1) is 11.5. The Morgan fingerprint density at radius 1 is 1.25 bits per heavy atom. The first-order valence-electron chi connectivity index (χ1n) is 8.49. The van der Waals surface area contributed by atoms with Crippen LogP contribution in [0.2, 0.25) is 0 Å². The van der Waals surface area contributed by atoms with Crippen molar-refractivity contribution in [1.82, 2.24) is 9.80 Å². The number of hydrogen-bond acceptors (Lipinski definition) is 3. The second-order valence-corrected chi connectivity index (χ2v) is 6.76. The second kappa shape index (κ2) is 6.81. The Hall–Kier alpha value is -2.08. The van der Waals surface area contributed by atoms with Gasteiger partial charge in [-0.3, -0.25) is 4.79 Å². The maximum Gasteiger partial charge on any atom is 0.322 e. The average molecular weight is 331 g/mol. The minimum atomic E-state index is -0.202. The molecule has 0 saturated carbocycles. The van der Waals surface area contributed by atoms with Crippen LogP contribution in [0.25, 0.3) is 0 Å². The molecule has 3 rings (SSSR count). The third-order valence-electron chi connectivity index (χ3n) is 4.82. The Bertz CT molecular complexity index is 614. The number of amides is 3. The number of hydrogen-bond donors (Lipinski definition) is 1. The van der Waals surface area contributed by atoms with Crippen LogP contribution in [-0.2, 0) is 16.0 Å². The van der Waals surface area contributed by atoms with Crippen molar-refractivity contribution in [3.8, 4) is 0 Å². The molecule has 1 N–H and O–H groups in total. The van der Waals surface area contributed by atoms with Crippen molar-refractivity contribution in [2.75, 3.05) is 32.5 Å². The quantitative estimate of drug-likeness (QED) is 0.921. The molecule has 2 saturated heterocycles. The van der Waals surface area contributed by atoms with Gasteiger partial charge in [-0.25, -0.2) is 4.79 Å². The molecule has 0 aromatic heterocycles. The lowest BCUT2D eigenvalue weighted by molar-refractivity contribution is -0.135. The van der Waals surface area contributed by atoms with Crippen molar-refractivity contribution in [1.29, 1.82) is 0 Å². The minimum absolute atomic E-state index is 0.0501. The van der Waals surface area contributed by atoms with Crippen LogP contribution in [-0.4, -0.2) is 61.1 Å². The summed E-state index contributed by atoms with van der Waals surface area (Å²) in [5, 5.41) is 2.93. The lowest BCUT2D eigenvalue weighted by atomic mass is 9.99. The van der Waals surface area contributed by atoms with E-state index in [0.717, 1.165) is 12.1 Å². The summed E-state index contributed by atoms with van der Waals surface area (Å²) < 4.78 is 5.87. The van der Waals surface area contributed by atoms with E-state index >= 15 is 0 Å². The third-order valence-corrected chi connectivity index (χ3v) is 4.82. The Morgan fingerprint density at radius 2 is 1.96 bits per heavy atom. The number of fused-ring (bicyclic) bond motifs is 2. The van der Waals surface area contributed by atoms with E-state index in [0.29, 0.717) is 19.5 Å². The highest BCUT2D eigenvalue weighted by molar-refractivity contribution is 5.89. The highest BCUT2D eigenvalue weighted by Crippen LogP contribution is 2.33. The number of carbonyl (C=O) groups excluding carboxylic acids is 2. The molecular weight excluding hydrogens is 306 g/mol. The minimum Gasteiger partial charge on any atom is -0.370 e. The Balaban J connectivity index is 1.62. The lowest BCUT2D eigenvalue weighted by Crippen LogP contribution is -2.49. The first-order valence-corrected chi connectivity index (χ1v) is 8.49. The van der Waals surface area contributed by atoms with Gasteiger partial charge in [0.05, 0.1) is 18.1 Å². The molecule has 1 aromatic carbocycles. The van der Waals surface area contributed by atoms with Crippen molar-refractivity contribution >= 4 is 17.6 Å². The van der Waals surface area contributed by atoms with E-state index in [9.17, 15) is 9.59 Å². The third kappa shape index (κ3) is 3.38. The van der Waals surface area contributed by atoms with Gasteiger partial charge in [0.25, 0.3) is 0 Å². The number of likely N-dealkylation sites (tertiary alicyclic amines) is 1. The van der Waals surface area contributed by atoms with Gasteiger partial charge >= 0.3 is 6.03 Å². The van der Waals surface area contributed by atoms with Gasteiger partial charge in [0.1, 0.15) is 0 Å². The molecule has 0 radical (unpaired) electrons. The van der Waals surface area contributed by atoms with Crippen LogP contribution >= 0.6 is 0 Å². The van der Waals surface area contributed by atoms with Gasteiger partial charge in [-0.05, 0) is 30.5 Å². The summed E-state index contributed by atoms with van der Waals surface area (Å²) in [6, 6.07) is 7.75. The maximum absolute atomic E-state index is 12.5. The van der Waals surface area contributed by atoms with Gasteiger partial charge in [0.2, 0.25) is 5.91 Å². The lowest BCUT2D eigenvalue weighted by Gasteiger charge is -2.33. The predicted molar refractivity (Wildman–Crippen MR) is 91.9 cm³/mol. The fourth-order valence-electron chi connectivity index (χ4n) is 3.44. The largest absolute Gasteiger partial charge is 0.370 e. The van der Waals surface area contributed by atoms with E-state index in [1.54, 1.807) is 23.9 Å². The Kier molecular flexibility index (Phi) is 4.76. The molecule has 0 aliphatic carbocycles. The first kappa shape index (κ1) is 16.8. The van der Waals surface area contributed by atoms with Crippen LogP contribution in [0.5, 0.6) is 0 Å². The molecule has 24 heavy (non-hydrogen) atoms. The van der Waals surface area contributed by atoms with E-state index in [2.05, 4.69) is 12.2 Å². The van der Waals surface area contributed by atoms with Crippen LogP contribution in [0.4, 0.5) is 10.5 Å². The molecule has 3 amide bonds. The molecule has 6 nitrogen and oxygen atoms in total. The van der Waals surface area contributed by atoms with E-state index in [4.69, 9.17) is 4.74 Å². The maximum atomic E-state index is 12.5. The van der Waals surface area contributed by atoms with E-state index in [1.165, 1.54) is 5.56 Å². The van der Waals surface area contributed by atoms with E-state index in [1.807, 2.05) is 24.3 Å². The van der Waals surface area contributed by atoms with Crippen molar-refractivity contribution in [2.24, 2.45) is 5.92 Å². The summed E-state index contributed by atoms with van der Waals surface area (Å²) in [7, 11) is 3.52. The number of carbonyl (C=O) groups is 2. The number of urea groups is 1. The van der Waals surface area contributed by atoms with E-state index in [-0.39, 0.29) is 30.1 Å². The number of ether oxygens (including phenoxy) is 1. The summed E-state index contributed by atoms with van der Waals surface area (Å²) in [4.78, 5) is 28.1. The zero-order valence-electron chi connectivity index (χ0n) is 14.5. The van der Waals surface area contributed by atoms with Crippen LogP contribution in [0.3, 0.4) is 0 Å². The SMILES string of the molecule is CCc1ccc(NC(=O)N2C[C@H]3C[C@@H](C(=O)N(C)C)[C@@H](C2)O3)cc1. The fourth-order valence-corrected chi connectivity index (χ4v) is 3.44. The number of aryl methyl sites for hydroxylation is 1. The molecule has 2 fully saturated rings. The van der Waals surface area contributed by atoms with Crippen LogP contribution < -0.4 is 5.32 Å². The molecular formula is C18H25N3O3. The Labute approximate surface area is 142 Å². The summed E-state index contributed by atoms with van der Waals surface area (Å²) in [6.45, 7) is 3.09. The molecule has 2 heterocycles. The predicted octanol–water partition coefficient (Wildman–Crippen LogP) is 1.96. The van der Waals surface area contributed by atoms with Crippen LogP contribution in [0.1, 0.15) is 18.9 Å². The molecule has 1 aromatic rings. The van der Waals surface area contributed by atoms with Gasteiger partial charge < -0.3 is 19.9 Å². The molecule has 6 heteroatoms. The second-order valence-electron chi connectivity index (χ2n) is 6.76. The number of morpholine rings is 1. The topological polar surface area (TPSA) is 61.9 Å². The molecule has 2 bridgehead atoms. The van der Waals surface area contributed by atoms with Crippen LogP contribution in [0, 0.1) is 5.92 Å². The number of anilines is 1.